The Hall–Kier alpha value is -1.32. The molecule has 0 atom stereocenters. The summed E-state index contributed by atoms with van der Waals surface area (Å²) < 4.78 is 0. The van der Waals surface area contributed by atoms with Gasteiger partial charge in [0.25, 0.3) is 0 Å². The van der Waals surface area contributed by atoms with Gasteiger partial charge in [-0.15, -0.1) is 11.8 Å². The Morgan fingerprint density at radius 3 is 2.95 bits per heavy atom. The van der Waals surface area contributed by atoms with Crippen molar-refractivity contribution in [3.63, 3.8) is 0 Å². The lowest BCUT2D eigenvalue weighted by molar-refractivity contribution is 0.578. The lowest BCUT2D eigenvalue weighted by Crippen LogP contribution is -2.44. The molecular formula is C13H17N5S. The van der Waals surface area contributed by atoms with Gasteiger partial charge in [0.15, 0.2) is 0 Å². The number of nitriles is 1. The number of hydrogen-bond acceptors (Lipinski definition) is 6. The van der Waals surface area contributed by atoms with Gasteiger partial charge in [-0.25, -0.2) is 9.97 Å². The third-order valence-corrected chi connectivity index (χ3v) is 4.62. The van der Waals surface area contributed by atoms with Crippen molar-refractivity contribution in [1.82, 2.24) is 15.3 Å². The molecule has 1 aromatic rings. The van der Waals surface area contributed by atoms with E-state index < -0.39 is 0 Å². The molecule has 100 valence electrons. The largest absolute Gasteiger partial charge is 0.353 e. The van der Waals surface area contributed by atoms with Gasteiger partial charge in [-0.1, -0.05) is 0 Å². The van der Waals surface area contributed by atoms with Crippen LogP contribution >= 0.6 is 11.8 Å². The number of aryl methyl sites for hydroxylation is 1. The van der Waals surface area contributed by atoms with E-state index in [0.29, 0.717) is 12.2 Å². The van der Waals surface area contributed by atoms with Crippen LogP contribution < -0.4 is 10.2 Å². The number of nitrogens with one attached hydrogen (secondary N) is 1. The number of nitrogens with zero attached hydrogens (tertiary/aromatic N) is 4. The summed E-state index contributed by atoms with van der Waals surface area (Å²) in [5, 5.41) is 12.2. The molecule has 1 fully saturated rings. The quantitative estimate of drug-likeness (QED) is 0.868. The van der Waals surface area contributed by atoms with Crippen LogP contribution in [0.5, 0.6) is 0 Å². The predicted molar refractivity (Wildman–Crippen MR) is 75.5 cm³/mol. The average Bonchev–Trinajstić information content (AvgIpc) is 2.48. The molecule has 19 heavy (non-hydrogen) atoms. The third-order valence-electron chi connectivity index (χ3n) is 3.42. The molecule has 3 rings (SSSR count). The zero-order chi connectivity index (χ0) is 13.1. The zero-order valence-corrected chi connectivity index (χ0v) is 11.7. The highest BCUT2D eigenvalue weighted by atomic mass is 32.2. The van der Waals surface area contributed by atoms with Gasteiger partial charge < -0.3 is 10.2 Å². The van der Waals surface area contributed by atoms with E-state index in [1.165, 1.54) is 11.3 Å². The van der Waals surface area contributed by atoms with Gasteiger partial charge in [0.1, 0.15) is 11.6 Å². The maximum atomic E-state index is 8.87. The van der Waals surface area contributed by atoms with Crippen molar-refractivity contribution in [2.45, 2.75) is 24.2 Å². The van der Waals surface area contributed by atoms with Gasteiger partial charge in [-0.2, -0.15) is 5.26 Å². The zero-order valence-electron chi connectivity index (χ0n) is 10.9. The molecule has 0 aliphatic carbocycles. The molecule has 1 N–H and O–H groups in total. The van der Waals surface area contributed by atoms with Crippen LogP contribution in [0, 0.1) is 11.3 Å². The van der Waals surface area contributed by atoms with Crippen LogP contribution in [-0.4, -0.2) is 41.9 Å². The van der Waals surface area contributed by atoms with Crippen molar-refractivity contribution >= 4 is 17.6 Å². The molecule has 0 spiro atoms. The van der Waals surface area contributed by atoms with Crippen molar-refractivity contribution in [2.75, 3.05) is 36.8 Å². The Morgan fingerprint density at radius 1 is 1.32 bits per heavy atom. The first-order valence-corrected chi connectivity index (χ1v) is 7.72. The normalized spacial score (nSPS) is 18.8. The van der Waals surface area contributed by atoms with Crippen LogP contribution in [0.1, 0.15) is 17.9 Å². The number of piperazine rings is 1. The van der Waals surface area contributed by atoms with E-state index in [4.69, 9.17) is 5.26 Å². The fourth-order valence-electron chi connectivity index (χ4n) is 2.51. The van der Waals surface area contributed by atoms with E-state index in [-0.39, 0.29) is 0 Å². The second kappa shape index (κ2) is 5.76. The number of aromatic nitrogens is 2. The molecule has 3 heterocycles. The van der Waals surface area contributed by atoms with Gasteiger partial charge in [0.2, 0.25) is 0 Å². The number of fused-ring (bicyclic) bond motifs is 1. The Labute approximate surface area is 117 Å². The number of rotatable bonds is 2. The van der Waals surface area contributed by atoms with Gasteiger partial charge in [0, 0.05) is 26.2 Å². The predicted octanol–water partition coefficient (Wildman–Crippen LogP) is 0.991. The van der Waals surface area contributed by atoms with E-state index in [2.05, 4.69) is 26.3 Å². The first-order chi connectivity index (χ1) is 9.38. The molecule has 0 bridgehead atoms. The van der Waals surface area contributed by atoms with Crippen LogP contribution in [0.2, 0.25) is 0 Å². The van der Waals surface area contributed by atoms with E-state index in [1.54, 1.807) is 0 Å². The van der Waals surface area contributed by atoms with Gasteiger partial charge in [-0.3, -0.25) is 0 Å². The van der Waals surface area contributed by atoms with E-state index in [1.807, 2.05) is 11.8 Å². The molecule has 0 unspecified atom stereocenters. The highest BCUT2D eigenvalue weighted by molar-refractivity contribution is 7.99. The smallest absolute Gasteiger partial charge is 0.146 e. The van der Waals surface area contributed by atoms with Crippen LogP contribution in [0.25, 0.3) is 0 Å². The topological polar surface area (TPSA) is 64.8 Å². The van der Waals surface area contributed by atoms with Crippen molar-refractivity contribution in [2.24, 2.45) is 0 Å². The molecule has 1 aromatic heterocycles. The van der Waals surface area contributed by atoms with Gasteiger partial charge in [-0.05, 0) is 18.6 Å². The Balaban J connectivity index is 1.99. The number of hydrogen-bond donors (Lipinski definition) is 1. The van der Waals surface area contributed by atoms with Crippen molar-refractivity contribution in [3.8, 4) is 6.07 Å². The second-order valence-corrected chi connectivity index (χ2v) is 5.87. The molecule has 0 saturated carbocycles. The summed E-state index contributed by atoms with van der Waals surface area (Å²) in [6.07, 6.45) is 2.49. The Bertz CT molecular complexity index is 504. The third kappa shape index (κ3) is 2.67. The molecule has 2 aliphatic rings. The van der Waals surface area contributed by atoms with E-state index in [0.717, 1.165) is 49.9 Å². The molecule has 0 aromatic carbocycles. The molecule has 0 radical (unpaired) electrons. The SMILES string of the molecule is N#CCc1nc2c(c(N3CCNCC3)n1)SCCC2. The summed E-state index contributed by atoms with van der Waals surface area (Å²) in [6.45, 7) is 3.96. The minimum Gasteiger partial charge on any atom is -0.353 e. The molecule has 1 saturated heterocycles. The van der Waals surface area contributed by atoms with Crippen LogP contribution in [0.15, 0.2) is 4.90 Å². The summed E-state index contributed by atoms with van der Waals surface area (Å²) in [4.78, 5) is 12.8. The number of anilines is 1. The molecule has 0 amide bonds. The molecular weight excluding hydrogens is 258 g/mol. The minimum atomic E-state index is 0.303. The van der Waals surface area contributed by atoms with Crippen LogP contribution in [0.4, 0.5) is 5.82 Å². The maximum Gasteiger partial charge on any atom is 0.146 e. The van der Waals surface area contributed by atoms with Gasteiger partial charge >= 0.3 is 0 Å². The first-order valence-electron chi connectivity index (χ1n) is 6.73. The lowest BCUT2D eigenvalue weighted by Gasteiger charge is -2.31. The van der Waals surface area contributed by atoms with Crippen molar-refractivity contribution < 1.29 is 0 Å². The standard InChI is InChI=1S/C13H17N5S/c14-4-3-11-16-10-2-1-9-19-12(10)13(17-11)18-7-5-15-6-8-18/h15H,1-3,5-9H2. The summed E-state index contributed by atoms with van der Waals surface area (Å²) in [5.41, 5.74) is 1.14. The monoisotopic (exact) mass is 275 g/mol. The summed E-state index contributed by atoms with van der Waals surface area (Å²) in [7, 11) is 0. The highest BCUT2D eigenvalue weighted by Crippen LogP contribution is 2.36. The first kappa shape index (κ1) is 12.7. The van der Waals surface area contributed by atoms with E-state index >= 15 is 0 Å². The minimum absolute atomic E-state index is 0.303. The van der Waals surface area contributed by atoms with E-state index in [9.17, 15) is 0 Å². The average molecular weight is 275 g/mol. The summed E-state index contributed by atoms with van der Waals surface area (Å²) in [5.74, 6) is 2.88. The number of thioether (sulfide) groups is 1. The fourth-order valence-corrected chi connectivity index (χ4v) is 3.62. The summed E-state index contributed by atoms with van der Waals surface area (Å²) >= 11 is 1.87. The van der Waals surface area contributed by atoms with Crippen molar-refractivity contribution in [3.05, 3.63) is 11.5 Å². The molecule has 2 aliphatic heterocycles. The van der Waals surface area contributed by atoms with Crippen LogP contribution in [-0.2, 0) is 12.8 Å². The molecule has 6 heteroatoms. The Morgan fingerprint density at radius 2 is 2.16 bits per heavy atom. The van der Waals surface area contributed by atoms with Gasteiger partial charge in [0.05, 0.1) is 23.1 Å². The summed E-state index contributed by atoms with van der Waals surface area (Å²) in [6, 6.07) is 2.16. The van der Waals surface area contributed by atoms with Crippen LogP contribution in [0.3, 0.4) is 0 Å². The highest BCUT2D eigenvalue weighted by Gasteiger charge is 2.23. The molecule has 5 nitrogen and oxygen atoms in total. The second-order valence-electron chi connectivity index (χ2n) is 4.76. The Kier molecular flexibility index (Phi) is 3.85. The van der Waals surface area contributed by atoms with Crippen molar-refractivity contribution in [1.29, 1.82) is 5.26 Å². The maximum absolute atomic E-state index is 8.87. The lowest BCUT2D eigenvalue weighted by atomic mass is 10.2. The fraction of sp³-hybridized carbons (Fsp3) is 0.615.